The summed E-state index contributed by atoms with van der Waals surface area (Å²) >= 11 is 0. The second-order valence-corrected chi connectivity index (χ2v) is 7.68. The zero-order valence-electron chi connectivity index (χ0n) is 19.2. The molecule has 0 saturated carbocycles. The molecule has 11 heteroatoms. The van der Waals surface area contributed by atoms with Crippen LogP contribution in [0.2, 0.25) is 0 Å². The summed E-state index contributed by atoms with van der Waals surface area (Å²) < 4.78 is 23.6. The van der Waals surface area contributed by atoms with Gasteiger partial charge in [-0.15, -0.1) is 0 Å². The van der Waals surface area contributed by atoms with Crippen molar-refractivity contribution in [1.29, 1.82) is 0 Å². The maximum absolute atomic E-state index is 11.9. The van der Waals surface area contributed by atoms with Crippen LogP contribution >= 0.6 is 0 Å². The minimum absolute atomic E-state index is 0.211. The van der Waals surface area contributed by atoms with Crippen LogP contribution < -0.4 is 0 Å². The smallest absolute Gasteiger partial charge is 0.303 e. The molecule has 0 radical (unpaired) electrons. The summed E-state index contributed by atoms with van der Waals surface area (Å²) in [6, 6.07) is 9.41. The molecule has 4 rings (SSSR count). The predicted octanol–water partition coefficient (Wildman–Crippen LogP) is 1.55. The molecular weight excluding hydrogens is 456 g/mol. The van der Waals surface area contributed by atoms with E-state index in [1.807, 2.05) is 30.3 Å². The van der Waals surface area contributed by atoms with Gasteiger partial charge in [0, 0.05) is 26.3 Å². The Morgan fingerprint density at radius 2 is 1.66 bits per heavy atom. The van der Waals surface area contributed by atoms with Crippen molar-refractivity contribution in [3.63, 3.8) is 0 Å². The number of imidazole rings is 1. The van der Waals surface area contributed by atoms with E-state index in [2.05, 4.69) is 26.8 Å². The first kappa shape index (κ1) is 23.8. The molecule has 3 heterocycles. The predicted molar refractivity (Wildman–Crippen MR) is 119 cm³/mol. The Kier molecular flexibility index (Phi) is 7.03. The zero-order chi connectivity index (χ0) is 24.9. The molecule has 2 aromatic heterocycles. The molecule has 35 heavy (non-hydrogen) atoms. The number of benzene rings is 1. The SMILES string of the molecule is CC(=O)OC[C@H]1O[C@@H](n2cnc3c(C#Cc4ccccc4)ncnc32)[C@H](OC(C)=O)[C@@H]1OC(C)=O. The number of hydrogen-bond acceptors (Lipinski definition) is 10. The number of esters is 3. The van der Waals surface area contributed by atoms with Gasteiger partial charge >= 0.3 is 17.9 Å². The monoisotopic (exact) mass is 478 g/mol. The Labute approximate surface area is 200 Å². The highest BCUT2D eigenvalue weighted by Crippen LogP contribution is 2.36. The summed E-state index contributed by atoms with van der Waals surface area (Å²) in [5.74, 6) is 4.27. The highest BCUT2D eigenvalue weighted by molar-refractivity contribution is 5.77. The Bertz CT molecular complexity index is 1310. The third-order valence-corrected chi connectivity index (χ3v) is 5.07. The van der Waals surface area contributed by atoms with Crippen LogP contribution in [-0.4, -0.2) is 62.3 Å². The van der Waals surface area contributed by atoms with Gasteiger partial charge in [-0.3, -0.25) is 19.0 Å². The van der Waals surface area contributed by atoms with Gasteiger partial charge in [0.05, 0.1) is 6.33 Å². The molecule has 0 spiro atoms. The van der Waals surface area contributed by atoms with Crippen LogP contribution in [0.15, 0.2) is 43.0 Å². The number of fused-ring (bicyclic) bond motifs is 1. The number of hydrogen-bond donors (Lipinski definition) is 0. The minimum atomic E-state index is -1.05. The molecule has 11 nitrogen and oxygen atoms in total. The maximum atomic E-state index is 11.9. The topological polar surface area (TPSA) is 132 Å². The van der Waals surface area contributed by atoms with Gasteiger partial charge in [-0.2, -0.15) is 0 Å². The Hall–Kier alpha value is -4.30. The average molecular weight is 478 g/mol. The maximum Gasteiger partial charge on any atom is 0.303 e. The first-order chi connectivity index (χ1) is 16.8. The number of aromatic nitrogens is 4. The third kappa shape index (κ3) is 5.44. The summed E-state index contributed by atoms with van der Waals surface area (Å²) in [6.07, 6.45) is -1.16. The van der Waals surface area contributed by atoms with Crippen LogP contribution in [-0.2, 0) is 33.3 Å². The van der Waals surface area contributed by atoms with Gasteiger partial charge in [0.15, 0.2) is 24.1 Å². The van der Waals surface area contributed by atoms with Crippen molar-refractivity contribution in [1.82, 2.24) is 19.5 Å². The first-order valence-corrected chi connectivity index (χ1v) is 10.7. The molecule has 3 aromatic rings. The van der Waals surface area contributed by atoms with Gasteiger partial charge in [-0.1, -0.05) is 24.1 Å². The van der Waals surface area contributed by atoms with Crippen molar-refractivity contribution < 1.29 is 33.3 Å². The van der Waals surface area contributed by atoms with E-state index in [0.717, 1.165) is 5.56 Å². The van der Waals surface area contributed by atoms with E-state index < -0.39 is 42.4 Å². The molecule has 0 amide bonds. The lowest BCUT2D eigenvalue weighted by Gasteiger charge is -2.23. The number of rotatable bonds is 5. The fourth-order valence-electron chi connectivity index (χ4n) is 3.70. The Morgan fingerprint density at radius 1 is 0.943 bits per heavy atom. The molecule has 0 aliphatic carbocycles. The van der Waals surface area contributed by atoms with Crippen LogP contribution in [0.1, 0.15) is 38.3 Å². The molecule has 0 bridgehead atoms. The zero-order valence-corrected chi connectivity index (χ0v) is 19.2. The molecule has 0 N–H and O–H groups in total. The van der Waals surface area contributed by atoms with Crippen molar-refractivity contribution in [3.05, 3.63) is 54.2 Å². The molecule has 1 saturated heterocycles. The van der Waals surface area contributed by atoms with E-state index in [4.69, 9.17) is 18.9 Å². The normalized spacial score (nSPS) is 21.1. The lowest BCUT2D eigenvalue weighted by Crippen LogP contribution is -2.40. The Morgan fingerprint density at radius 3 is 2.34 bits per heavy atom. The van der Waals surface area contributed by atoms with Crippen LogP contribution in [0.5, 0.6) is 0 Å². The third-order valence-electron chi connectivity index (χ3n) is 5.07. The molecule has 180 valence electrons. The average Bonchev–Trinajstić information content (AvgIpc) is 3.38. The highest BCUT2D eigenvalue weighted by Gasteiger charge is 2.51. The van der Waals surface area contributed by atoms with E-state index in [0.29, 0.717) is 16.9 Å². The second-order valence-electron chi connectivity index (χ2n) is 7.68. The standard InChI is InChI=1S/C24H22N4O7/c1-14(29)32-11-19-21(33-15(2)30)22(34-16(3)31)24(35-19)28-13-27-20-18(25-12-26-23(20)28)10-9-17-7-5-4-6-8-17/h4-8,12-13,19,21-22,24H,11H2,1-3H3/t19-,21-,22-,24-/m1/s1. The first-order valence-electron chi connectivity index (χ1n) is 10.7. The van der Waals surface area contributed by atoms with Gasteiger partial charge in [-0.25, -0.2) is 15.0 Å². The molecule has 0 unspecified atom stereocenters. The van der Waals surface area contributed by atoms with Crippen LogP contribution in [0, 0.1) is 11.8 Å². The quantitative estimate of drug-likeness (QED) is 0.302. The summed E-state index contributed by atoms with van der Waals surface area (Å²) in [6.45, 7) is 3.48. The van der Waals surface area contributed by atoms with E-state index >= 15 is 0 Å². The van der Waals surface area contributed by atoms with E-state index in [1.54, 1.807) is 4.57 Å². The van der Waals surface area contributed by atoms with Crippen molar-refractivity contribution in [3.8, 4) is 11.8 Å². The molecule has 1 aliphatic heterocycles. The fraction of sp³-hybridized carbons (Fsp3) is 0.333. The molecule has 4 atom stereocenters. The van der Waals surface area contributed by atoms with Crippen LogP contribution in [0.3, 0.4) is 0 Å². The molecule has 1 fully saturated rings. The Balaban J connectivity index is 1.72. The van der Waals surface area contributed by atoms with Crippen LogP contribution in [0.4, 0.5) is 0 Å². The summed E-state index contributed by atoms with van der Waals surface area (Å²) in [5, 5.41) is 0. The van der Waals surface area contributed by atoms with Crippen LogP contribution in [0.25, 0.3) is 11.2 Å². The van der Waals surface area contributed by atoms with Gasteiger partial charge in [-0.05, 0) is 18.1 Å². The molecule has 1 aromatic carbocycles. The van der Waals surface area contributed by atoms with Gasteiger partial charge in [0.1, 0.15) is 30.2 Å². The van der Waals surface area contributed by atoms with Crippen molar-refractivity contribution in [2.45, 2.75) is 45.3 Å². The molecule has 1 aliphatic rings. The number of nitrogens with zero attached hydrogens (tertiary/aromatic N) is 4. The fourth-order valence-corrected chi connectivity index (χ4v) is 3.70. The number of carbonyl (C=O) groups excluding carboxylic acids is 3. The molecular formula is C24H22N4O7. The van der Waals surface area contributed by atoms with E-state index in [1.165, 1.54) is 33.4 Å². The van der Waals surface area contributed by atoms with Crippen molar-refractivity contribution >= 4 is 29.1 Å². The van der Waals surface area contributed by atoms with E-state index in [9.17, 15) is 14.4 Å². The van der Waals surface area contributed by atoms with Crippen molar-refractivity contribution in [2.24, 2.45) is 0 Å². The lowest BCUT2D eigenvalue weighted by atomic mass is 10.1. The number of ether oxygens (including phenoxy) is 4. The van der Waals surface area contributed by atoms with Gasteiger partial charge in [0.25, 0.3) is 0 Å². The summed E-state index contributed by atoms with van der Waals surface area (Å²) in [7, 11) is 0. The highest BCUT2D eigenvalue weighted by atomic mass is 16.7. The van der Waals surface area contributed by atoms with E-state index in [-0.39, 0.29) is 6.61 Å². The largest absolute Gasteiger partial charge is 0.463 e. The van der Waals surface area contributed by atoms with Crippen molar-refractivity contribution in [2.75, 3.05) is 6.61 Å². The minimum Gasteiger partial charge on any atom is -0.463 e. The number of carbonyl (C=O) groups is 3. The summed E-state index contributed by atoms with van der Waals surface area (Å²) in [5.41, 5.74) is 1.99. The second kappa shape index (κ2) is 10.3. The summed E-state index contributed by atoms with van der Waals surface area (Å²) in [4.78, 5) is 48.0. The van der Waals surface area contributed by atoms with Gasteiger partial charge in [0.2, 0.25) is 0 Å². The lowest BCUT2D eigenvalue weighted by molar-refractivity contribution is -0.166. The van der Waals surface area contributed by atoms with Gasteiger partial charge < -0.3 is 18.9 Å².